The maximum Gasteiger partial charge on any atom is 0.310 e. The first-order valence-corrected chi connectivity index (χ1v) is 4.61. The molecule has 0 unspecified atom stereocenters. The fraction of sp³-hybridized carbons (Fsp3) is 0.700. The zero-order valence-corrected chi connectivity index (χ0v) is 7.84. The van der Waals surface area contributed by atoms with Crippen LogP contribution in [0.4, 0.5) is 0 Å². The normalized spacial score (nSPS) is 9.42. The largest absolute Gasteiger partial charge is 0.435 e. The Morgan fingerprint density at radius 1 is 1.33 bits per heavy atom. The number of hydrogen-bond acceptors (Lipinski definition) is 2. The second-order valence-corrected chi connectivity index (χ2v) is 2.82. The Balaban J connectivity index is 3.08. The monoisotopic (exact) mass is 170 g/mol. The van der Waals surface area contributed by atoms with Gasteiger partial charge in [-0.05, 0) is 6.42 Å². The Bertz CT molecular complexity index is 130. The minimum Gasteiger partial charge on any atom is -0.435 e. The number of esters is 1. The van der Waals surface area contributed by atoms with E-state index in [1.165, 1.54) is 25.5 Å². The van der Waals surface area contributed by atoms with Crippen molar-refractivity contribution in [2.45, 2.75) is 45.4 Å². The first kappa shape index (κ1) is 11.2. The Morgan fingerprint density at radius 3 is 2.58 bits per heavy atom. The smallest absolute Gasteiger partial charge is 0.310 e. The number of rotatable bonds is 7. The highest BCUT2D eigenvalue weighted by molar-refractivity contribution is 5.69. The van der Waals surface area contributed by atoms with Crippen LogP contribution in [0.2, 0.25) is 0 Å². The number of carbonyl (C=O) groups is 1. The standard InChI is InChI=1S/C10H18O2/c1-3-5-6-7-8-9-10(11)12-4-2/h4H,2-3,5-9H2,1H3. The van der Waals surface area contributed by atoms with Gasteiger partial charge >= 0.3 is 5.97 Å². The summed E-state index contributed by atoms with van der Waals surface area (Å²) in [4.78, 5) is 10.8. The van der Waals surface area contributed by atoms with Crippen LogP contribution in [-0.2, 0) is 9.53 Å². The van der Waals surface area contributed by atoms with Gasteiger partial charge in [0.1, 0.15) is 0 Å². The average molecular weight is 170 g/mol. The molecule has 2 heteroatoms. The van der Waals surface area contributed by atoms with E-state index < -0.39 is 0 Å². The van der Waals surface area contributed by atoms with Gasteiger partial charge in [-0.3, -0.25) is 4.79 Å². The Hall–Kier alpha value is -0.790. The summed E-state index contributed by atoms with van der Waals surface area (Å²) >= 11 is 0. The number of ether oxygens (including phenoxy) is 1. The van der Waals surface area contributed by atoms with Gasteiger partial charge in [-0.2, -0.15) is 0 Å². The van der Waals surface area contributed by atoms with Crippen molar-refractivity contribution in [3.8, 4) is 0 Å². The maximum absolute atomic E-state index is 10.8. The highest BCUT2D eigenvalue weighted by atomic mass is 16.5. The third kappa shape index (κ3) is 7.32. The van der Waals surface area contributed by atoms with Crippen molar-refractivity contribution in [3.05, 3.63) is 12.8 Å². The molecule has 2 nitrogen and oxygen atoms in total. The van der Waals surface area contributed by atoms with E-state index >= 15 is 0 Å². The molecule has 0 rings (SSSR count). The molecule has 0 N–H and O–H groups in total. The summed E-state index contributed by atoms with van der Waals surface area (Å²) in [7, 11) is 0. The van der Waals surface area contributed by atoms with Gasteiger partial charge in [0.25, 0.3) is 0 Å². The van der Waals surface area contributed by atoms with Crippen LogP contribution in [0.25, 0.3) is 0 Å². The molecule has 0 aromatic carbocycles. The molecule has 0 amide bonds. The van der Waals surface area contributed by atoms with Crippen molar-refractivity contribution in [2.75, 3.05) is 0 Å². The highest BCUT2D eigenvalue weighted by Crippen LogP contribution is 2.05. The molecule has 0 saturated heterocycles. The molecule has 70 valence electrons. The topological polar surface area (TPSA) is 26.3 Å². The van der Waals surface area contributed by atoms with E-state index in [0.29, 0.717) is 6.42 Å². The van der Waals surface area contributed by atoms with E-state index in [2.05, 4.69) is 18.2 Å². The number of unbranched alkanes of at least 4 members (excludes halogenated alkanes) is 4. The molecule has 0 atom stereocenters. The third-order valence-corrected chi connectivity index (χ3v) is 1.70. The summed E-state index contributed by atoms with van der Waals surface area (Å²) in [5.41, 5.74) is 0. The van der Waals surface area contributed by atoms with Crippen molar-refractivity contribution in [1.82, 2.24) is 0 Å². The van der Waals surface area contributed by atoms with Gasteiger partial charge in [0.15, 0.2) is 0 Å². The molecule has 0 radical (unpaired) electrons. The van der Waals surface area contributed by atoms with E-state index in [4.69, 9.17) is 0 Å². The van der Waals surface area contributed by atoms with E-state index in [0.717, 1.165) is 12.8 Å². The zero-order valence-electron chi connectivity index (χ0n) is 7.84. The van der Waals surface area contributed by atoms with Gasteiger partial charge in [-0.25, -0.2) is 0 Å². The second kappa shape index (κ2) is 8.31. The first-order valence-electron chi connectivity index (χ1n) is 4.61. The van der Waals surface area contributed by atoms with Gasteiger partial charge in [0.2, 0.25) is 0 Å². The lowest BCUT2D eigenvalue weighted by atomic mass is 10.1. The molecular weight excluding hydrogens is 152 g/mol. The Kier molecular flexibility index (Phi) is 7.76. The fourth-order valence-electron chi connectivity index (χ4n) is 1.02. The van der Waals surface area contributed by atoms with Crippen LogP contribution in [-0.4, -0.2) is 5.97 Å². The second-order valence-electron chi connectivity index (χ2n) is 2.82. The summed E-state index contributed by atoms with van der Waals surface area (Å²) in [6.07, 6.45) is 7.49. The fourth-order valence-corrected chi connectivity index (χ4v) is 1.02. The molecule has 0 bridgehead atoms. The SMILES string of the molecule is C=COC(=O)CCCCCCC. The molecule has 0 aliphatic heterocycles. The lowest BCUT2D eigenvalue weighted by molar-refractivity contribution is -0.138. The summed E-state index contributed by atoms with van der Waals surface area (Å²) < 4.78 is 4.57. The molecule has 12 heavy (non-hydrogen) atoms. The quantitative estimate of drug-likeness (QED) is 0.333. The molecule has 0 aromatic heterocycles. The van der Waals surface area contributed by atoms with Gasteiger partial charge in [-0.15, -0.1) is 0 Å². The summed E-state index contributed by atoms with van der Waals surface area (Å²) in [6, 6.07) is 0. The molecule has 0 saturated carbocycles. The van der Waals surface area contributed by atoms with Gasteiger partial charge in [0.05, 0.1) is 6.26 Å². The maximum atomic E-state index is 10.8. The van der Waals surface area contributed by atoms with Crippen molar-refractivity contribution in [3.63, 3.8) is 0 Å². The molecule has 0 aliphatic carbocycles. The van der Waals surface area contributed by atoms with Crippen LogP contribution in [0.15, 0.2) is 12.8 Å². The highest BCUT2D eigenvalue weighted by Gasteiger charge is 1.98. The lowest BCUT2D eigenvalue weighted by Gasteiger charge is -1.98. The van der Waals surface area contributed by atoms with Crippen LogP contribution in [0.3, 0.4) is 0 Å². The van der Waals surface area contributed by atoms with Crippen molar-refractivity contribution in [1.29, 1.82) is 0 Å². The molecule has 0 spiro atoms. The lowest BCUT2D eigenvalue weighted by Crippen LogP contribution is -1.98. The summed E-state index contributed by atoms with van der Waals surface area (Å²) in [5.74, 6) is -0.165. The average Bonchev–Trinajstić information content (AvgIpc) is 2.05. The van der Waals surface area contributed by atoms with Crippen LogP contribution in [0.1, 0.15) is 45.4 Å². The van der Waals surface area contributed by atoms with E-state index in [9.17, 15) is 4.79 Å². The third-order valence-electron chi connectivity index (χ3n) is 1.70. The number of hydrogen-bond donors (Lipinski definition) is 0. The molecule has 0 fully saturated rings. The van der Waals surface area contributed by atoms with E-state index in [-0.39, 0.29) is 5.97 Å². The van der Waals surface area contributed by atoms with E-state index in [1.807, 2.05) is 0 Å². The summed E-state index contributed by atoms with van der Waals surface area (Å²) in [6.45, 7) is 5.49. The zero-order chi connectivity index (χ0) is 9.23. The molecule has 0 aromatic rings. The van der Waals surface area contributed by atoms with Crippen LogP contribution >= 0.6 is 0 Å². The van der Waals surface area contributed by atoms with Crippen LogP contribution < -0.4 is 0 Å². The minimum atomic E-state index is -0.165. The van der Waals surface area contributed by atoms with Gasteiger partial charge in [0, 0.05) is 6.42 Å². The number of carbonyl (C=O) groups excluding carboxylic acids is 1. The molecule has 0 aliphatic rings. The van der Waals surface area contributed by atoms with Crippen LogP contribution in [0, 0.1) is 0 Å². The van der Waals surface area contributed by atoms with E-state index in [1.54, 1.807) is 0 Å². The van der Waals surface area contributed by atoms with Crippen molar-refractivity contribution >= 4 is 5.97 Å². The minimum absolute atomic E-state index is 0.165. The van der Waals surface area contributed by atoms with Gasteiger partial charge < -0.3 is 4.74 Å². The van der Waals surface area contributed by atoms with Crippen molar-refractivity contribution in [2.24, 2.45) is 0 Å². The first-order chi connectivity index (χ1) is 5.81. The predicted octanol–water partition coefficient (Wildman–Crippen LogP) is 3.03. The predicted molar refractivity (Wildman–Crippen MR) is 49.7 cm³/mol. The summed E-state index contributed by atoms with van der Waals surface area (Å²) in [5, 5.41) is 0. The Labute approximate surface area is 74.6 Å². The molecule has 0 heterocycles. The molecular formula is C10H18O2. The van der Waals surface area contributed by atoms with Crippen LogP contribution in [0.5, 0.6) is 0 Å². The van der Waals surface area contributed by atoms with Gasteiger partial charge in [-0.1, -0.05) is 39.2 Å². The van der Waals surface area contributed by atoms with Crippen molar-refractivity contribution < 1.29 is 9.53 Å². The Morgan fingerprint density at radius 2 is 2.00 bits per heavy atom.